The van der Waals surface area contributed by atoms with Gasteiger partial charge in [-0.2, -0.15) is 5.26 Å². The van der Waals surface area contributed by atoms with E-state index in [0.717, 1.165) is 13.8 Å². The monoisotopic (exact) mass is 117 g/mol. The Kier molecular flexibility index (Phi) is 1.94. The van der Waals surface area contributed by atoms with Crippen LogP contribution in [0.1, 0.15) is 13.8 Å². The first kappa shape index (κ1) is 7.38. The number of aliphatic hydroxyl groups is 1. The zero-order valence-corrected chi connectivity index (χ0v) is 4.85. The number of hydrogen-bond donors (Lipinski definition) is 1. The van der Waals surface area contributed by atoms with Gasteiger partial charge in [0.05, 0.1) is 6.07 Å². The van der Waals surface area contributed by atoms with Crippen molar-refractivity contribution < 1.29 is 9.50 Å². The number of alkyl halides is 1. The molecule has 0 radical (unpaired) electrons. The molecular weight excluding hydrogens is 109 g/mol. The van der Waals surface area contributed by atoms with Gasteiger partial charge >= 0.3 is 0 Å². The summed E-state index contributed by atoms with van der Waals surface area (Å²) in [4.78, 5) is 0. The van der Waals surface area contributed by atoms with Crippen molar-refractivity contribution in [3.05, 3.63) is 0 Å². The van der Waals surface area contributed by atoms with E-state index in [2.05, 4.69) is 0 Å². The Bertz CT molecular complexity index is 111. The van der Waals surface area contributed by atoms with Gasteiger partial charge in [0.15, 0.2) is 6.10 Å². The number of hydrogen-bond acceptors (Lipinski definition) is 2. The van der Waals surface area contributed by atoms with Gasteiger partial charge in [-0.15, -0.1) is 0 Å². The first-order chi connectivity index (χ1) is 3.48. The summed E-state index contributed by atoms with van der Waals surface area (Å²) in [5.74, 6) is 0. The lowest BCUT2D eigenvalue weighted by molar-refractivity contribution is 0.0559. The number of nitrogens with zero attached hydrogens (tertiary/aromatic N) is 1. The summed E-state index contributed by atoms with van der Waals surface area (Å²) < 4.78 is 12.3. The zero-order valence-electron chi connectivity index (χ0n) is 4.85. The fourth-order valence-electron chi connectivity index (χ4n) is 0.153. The van der Waals surface area contributed by atoms with Crippen LogP contribution >= 0.6 is 0 Å². The molecule has 0 amide bonds. The molecule has 0 aliphatic heterocycles. The number of aliphatic hydroxyl groups excluding tert-OH is 1. The van der Waals surface area contributed by atoms with Crippen molar-refractivity contribution in [1.82, 2.24) is 0 Å². The SMILES string of the molecule is CC(C)(F)[C@@H](O)C#N. The lowest BCUT2D eigenvalue weighted by atomic mass is 10.1. The van der Waals surface area contributed by atoms with Crippen molar-refractivity contribution in [2.24, 2.45) is 0 Å². The summed E-state index contributed by atoms with van der Waals surface area (Å²) in [6, 6.07) is 1.39. The number of rotatable bonds is 1. The maximum absolute atomic E-state index is 12.3. The molecule has 0 aromatic heterocycles. The normalized spacial score (nSPS) is 14.9. The minimum absolute atomic E-state index is 1.15. The van der Waals surface area contributed by atoms with Gasteiger partial charge in [-0.3, -0.25) is 0 Å². The average Bonchev–Trinajstić information content (AvgIpc) is 1.62. The van der Waals surface area contributed by atoms with Crippen LogP contribution in [0.2, 0.25) is 0 Å². The van der Waals surface area contributed by atoms with Crippen LogP contribution in [-0.4, -0.2) is 16.9 Å². The Labute approximate surface area is 47.6 Å². The van der Waals surface area contributed by atoms with E-state index in [1.165, 1.54) is 6.07 Å². The third-order valence-electron chi connectivity index (χ3n) is 0.773. The molecule has 46 valence electrons. The fraction of sp³-hybridized carbons (Fsp3) is 0.800. The predicted molar refractivity (Wildman–Crippen MR) is 26.8 cm³/mol. The van der Waals surface area contributed by atoms with Crippen LogP contribution in [0.15, 0.2) is 0 Å². The van der Waals surface area contributed by atoms with E-state index in [-0.39, 0.29) is 0 Å². The van der Waals surface area contributed by atoms with Crippen LogP contribution in [0.3, 0.4) is 0 Å². The predicted octanol–water partition coefficient (Wildman–Crippen LogP) is 0.619. The quantitative estimate of drug-likeness (QED) is 0.511. The molecule has 1 N–H and O–H groups in total. The maximum Gasteiger partial charge on any atom is 0.173 e. The Morgan fingerprint density at radius 2 is 2.12 bits per heavy atom. The highest BCUT2D eigenvalue weighted by molar-refractivity contribution is 4.94. The fourth-order valence-corrected chi connectivity index (χ4v) is 0.153. The molecular formula is C5H8FNO. The van der Waals surface area contributed by atoms with Gasteiger partial charge in [0.2, 0.25) is 0 Å². The van der Waals surface area contributed by atoms with Crippen molar-refractivity contribution in [3.63, 3.8) is 0 Å². The minimum Gasteiger partial charge on any atom is -0.375 e. The molecule has 0 saturated heterocycles. The van der Waals surface area contributed by atoms with Gasteiger partial charge < -0.3 is 5.11 Å². The third-order valence-corrected chi connectivity index (χ3v) is 0.773. The zero-order chi connectivity index (χ0) is 6.78. The summed E-state index contributed by atoms with van der Waals surface area (Å²) in [6.07, 6.45) is -1.51. The molecule has 0 aliphatic rings. The smallest absolute Gasteiger partial charge is 0.173 e. The molecule has 0 heterocycles. The highest BCUT2D eigenvalue weighted by Gasteiger charge is 2.26. The van der Waals surface area contributed by atoms with E-state index in [9.17, 15) is 4.39 Å². The Hall–Kier alpha value is -0.620. The Balaban J connectivity index is 3.87. The molecule has 0 aromatic rings. The van der Waals surface area contributed by atoms with Gasteiger partial charge in [0, 0.05) is 0 Å². The molecule has 3 heteroatoms. The van der Waals surface area contributed by atoms with E-state index < -0.39 is 11.8 Å². The summed E-state index contributed by atoms with van der Waals surface area (Å²) in [6.45, 7) is 2.31. The van der Waals surface area contributed by atoms with Gasteiger partial charge in [-0.05, 0) is 13.8 Å². The second-order valence-electron chi connectivity index (χ2n) is 2.10. The van der Waals surface area contributed by atoms with Crippen molar-refractivity contribution in [2.45, 2.75) is 25.6 Å². The Morgan fingerprint density at radius 1 is 1.75 bits per heavy atom. The molecule has 1 atom stereocenters. The van der Waals surface area contributed by atoms with Crippen molar-refractivity contribution in [1.29, 1.82) is 5.26 Å². The van der Waals surface area contributed by atoms with E-state index in [4.69, 9.17) is 10.4 Å². The van der Waals surface area contributed by atoms with Crippen LogP contribution in [0, 0.1) is 11.3 Å². The molecule has 0 bridgehead atoms. The van der Waals surface area contributed by atoms with E-state index in [0.29, 0.717) is 0 Å². The van der Waals surface area contributed by atoms with Crippen molar-refractivity contribution >= 4 is 0 Å². The Morgan fingerprint density at radius 3 is 2.12 bits per heavy atom. The van der Waals surface area contributed by atoms with Crippen LogP contribution in [0.4, 0.5) is 4.39 Å². The van der Waals surface area contributed by atoms with Crippen molar-refractivity contribution in [3.8, 4) is 6.07 Å². The lowest BCUT2D eigenvalue weighted by Crippen LogP contribution is -2.29. The standard InChI is InChI=1S/C5H8FNO/c1-5(2,6)4(8)3-7/h4,8H,1-2H3/t4-/m0/s1. The largest absolute Gasteiger partial charge is 0.375 e. The van der Waals surface area contributed by atoms with E-state index in [1.807, 2.05) is 0 Å². The highest BCUT2D eigenvalue weighted by atomic mass is 19.1. The second kappa shape index (κ2) is 2.10. The molecule has 0 rings (SSSR count). The lowest BCUT2D eigenvalue weighted by Gasteiger charge is -2.13. The number of nitriles is 1. The molecule has 0 aliphatic carbocycles. The molecule has 0 unspecified atom stereocenters. The molecule has 2 nitrogen and oxygen atoms in total. The molecule has 0 spiro atoms. The van der Waals surface area contributed by atoms with Crippen LogP contribution in [0.5, 0.6) is 0 Å². The summed E-state index contributed by atoms with van der Waals surface area (Å²) in [5.41, 5.74) is -1.80. The average molecular weight is 117 g/mol. The van der Waals surface area contributed by atoms with Crippen molar-refractivity contribution in [2.75, 3.05) is 0 Å². The number of halogens is 1. The second-order valence-corrected chi connectivity index (χ2v) is 2.10. The van der Waals surface area contributed by atoms with Gasteiger partial charge in [-0.25, -0.2) is 4.39 Å². The van der Waals surface area contributed by atoms with E-state index in [1.54, 1.807) is 0 Å². The molecule has 8 heavy (non-hydrogen) atoms. The van der Waals surface area contributed by atoms with Crippen LogP contribution < -0.4 is 0 Å². The summed E-state index contributed by atoms with van der Waals surface area (Å²) >= 11 is 0. The molecule has 0 fully saturated rings. The van der Waals surface area contributed by atoms with Gasteiger partial charge in [0.1, 0.15) is 5.67 Å². The first-order valence-corrected chi connectivity index (χ1v) is 2.25. The maximum atomic E-state index is 12.3. The first-order valence-electron chi connectivity index (χ1n) is 2.25. The summed E-state index contributed by atoms with van der Waals surface area (Å²) in [5, 5.41) is 16.4. The van der Waals surface area contributed by atoms with E-state index >= 15 is 0 Å². The topological polar surface area (TPSA) is 44.0 Å². The third kappa shape index (κ3) is 1.90. The minimum atomic E-state index is -1.80. The highest BCUT2D eigenvalue weighted by Crippen LogP contribution is 2.12. The summed E-state index contributed by atoms with van der Waals surface area (Å²) in [7, 11) is 0. The van der Waals surface area contributed by atoms with Gasteiger partial charge in [0.25, 0.3) is 0 Å². The van der Waals surface area contributed by atoms with Crippen LogP contribution in [-0.2, 0) is 0 Å². The van der Waals surface area contributed by atoms with Crippen LogP contribution in [0.25, 0.3) is 0 Å². The molecule has 0 saturated carbocycles. The van der Waals surface area contributed by atoms with Gasteiger partial charge in [-0.1, -0.05) is 0 Å². The molecule has 0 aromatic carbocycles.